The maximum Gasteiger partial charge on any atom is 0.233 e. The molecule has 1 fully saturated rings. The van der Waals surface area contributed by atoms with E-state index in [2.05, 4.69) is 10.3 Å². The minimum Gasteiger partial charge on any atom is -0.497 e. The summed E-state index contributed by atoms with van der Waals surface area (Å²) in [7, 11) is 1.65. The van der Waals surface area contributed by atoms with Crippen LogP contribution in [-0.4, -0.2) is 48.3 Å². The van der Waals surface area contributed by atoms with Crippen molar-refractivity contribution in [2.24, 2.45) is 0 Å². The number of thioether (sulfide) groups is 1. The standard InChI is InChI=1S/C18H21N3O2S/c1-23-15-5-2-6-16(10-15)24-13-18(22)21-9-8-20-12-17(21)14-4-3-7-19-11-14/h2-7,10-11,17,20H,8-9,12-13H2,1H3. The summed E-state index contributed by atoms with van der Waals surface area (Å²) in [6.07, 6.45) is 3.59. The summed E-state index contributed by atoms with van der Waals surface area (Å²) < 4.78 is 5.23. The molecule has 126 valence electrons. The molecule has 0 saturated carbocycles. The largest absolute Gasteiger partial charge is 0.497 e. The molecule has 24 heavy (non-hydrogen) atoms. The van der Waals surface area contributed by atoms with Crippen molar-refractivity contribution in [3.8, 4) is 5.75 Å². The number of rotatable bonds is 5. The first-order chi connectivity index (χ1) is 11.8. The van der Waals surface area contributed by atoms with Gasteiger partial charge in [-0.05, 0) is 29.8 Å². The lowest BCUT2D eigenvalue weighted by atomic mass is 10.1. The zero-order chi connectivity index (χ0) is 16.8. The first-order valence-electron chi connectivity index (χ1n) is 7.95. The summed E-state index contributed by atoms with van der Waals surface area (Å²) in [5.41, 5.74) is 1.07. The molecule has 1 N–H and O–H groups in total. The highest BCUT2D eigenvalue weighted by Crippen LogP contribution is 2.26. The quantitative estimate of drug-likeness (QED) is 0.845. The Labute approximate surface area is 146 Å². The van der Waals surface area contributed by atoms with Crippen LogP contribution in [0.2, 0.25) is 0 Å². The number of piperazine rings is 1. The Morgan fingerprint density at radius 3 is 3.12 bits per heavy atom. The van der Waals surface area contributed by atoms with Crippen LogP contribution in [0.15, 0.2) is 53.7 Å². The number of carbonyl (C=O) groups is 1. The molecule has 1 atom stereocenters. The molecule has 0 bridgehead atoms. The Morgan fingerprint density at radius 1 is 1.42 bits per heavy atom. The topological polar surface area (TPSA) is 54.5 Å². The van der Waals surface area contributed by atoms with Crippen molar-refractivity contribution >= 4 is 17.7 Å². The number of methoxy groups -OCH3 is 1. The minimum atomic E-state index is 0.0471. The second-order valence-electron chi connectivity index (χ2n) is 5.56. The van der Waals surface area contributed by atoms with Gasteiger partial charge in [0.15, 0.2) is 0 Å². The summed E-state index contributed by atoms with van der Waals surface area (Å²) in [6, 6.07) is 11.8. The van der Waals surface area contributed by atoms with Crippen molar-refractivity contribution in [2.45, 2.75) is 10.9 Å². The van der Waals surface area contributed by atoms with Gasteiger partial charge in [-0.2, -0.15) is 0 Å². The van der Waals surface area contributed by atoms with Crippen LogP contribution < -0.4 is 10.1 Å². The molecule has 0 aliphatic carbocycles. The van der Waals surface area contributed by atoms with Crippen LogP contribution in [0.25, 0.3) is 0 Å². The highest BCUT2D eigenvalue weighted by molar-refractivity contribution is 8.00. The van der Waals surface area contributed by atoms with Crippen molar-refractivity contribution in [3.63, 3.8) is 0 Å². The number of carbonyl (C=O) groups excluding carboxylic acids is 1. The summed E-state index contributed by atoms with van der Waals surface area (Å²) >= 11 is 1.54. The van der Waals surface area contributed by atoms with Crippen LogP contribution >= 0.6 is 11.8 Å². The number of benzene rings is 1. The zero-order valence-corrected chi connectivity index (χ0v) is 14.5. The van der Waals surface area contributed by atoms with Gasteiger partial charge < -0.3 is 15.0 Å². The Morgan fingerprint density at radius 2 is 2.33 bits per heavy atom. The van der Waals surface area contributed by atoms with E-state index in [4.69, 9.17) is 4.74 Å². The number of nitrogens with one attached hydrogen (secondary N) is 1. The van der Waals surface area contributed by atoms with Gasteiger partial charge in [0.1, 0.15) is 5.75 Å². The molecule has 0 radical (unpaired) electrons. The second kappa shape index (κ2) is 8.17. The molecular weight excluding hydrogens is 322 g/mol. The van der Waals surface area contributed by atoms with Crippen LogP contribution in [0.5, 0.6) is 5.75 Å². The van der Waals surface area contributed by atoms with Crippen molar-refractivity contribution in [1.29, 1.82) is 0 Å². The molecule has 1 aromatic carbocycles. The molecule has 0 spiro atoms. The third kappa shape index (κ3) is 4.07. The third-order valence-electron chi connectivity index (χ3n) is 4.04. The first-order valence-corrected chi connectivity index (χ1v) is 8.93. The highest BCUT2D eigenvalue weighted by atomic mass is 32.2. The van der Waals surface area contributed by atoms with E-state index >= 15 is 0 Å². The smallest absolute Gasteiger partial charge is 0.233 e. The van der Waals surface area contributed by atoms with Gasteiger partial charge in [-0.1, -0.05) is 12.1 Å². The number of aromatic nitrogens is 1. The molecule has 2 aromatic rings. The van der Waals surface area contributed by atoms with E-state index in [1.807, 2.05) is 47.5 Å². The lowest BCUT2D eigenvalue weighted by Crippen LogP contribution is -2.49. The van der Waals surface area contributed by atoms with E-state index in [1.165, 1.54) is 0 Å². The number of hydrogen-bond acceptors (Lipinski definition) is 5. The molecule has 1 aromatic heterocycles. The van der Waals surface area contributed by atoms with E-state index in [-0.39, 0.29) is 11.9 Å². The van der Waals surface area contributed by atoms with Gasteiger partial charge in [0.25, 0.3) is 0 Å². The number of nitrogens with zero attached hydrogens (tertiary/aromatic N) is 2. The molecule has 6 heteroatoms. The summed E-state index contributed by atoms with van der Waals surface area (Å²) in [5.74, 6) is 1.38. The summed E-state index contributed by atoms with van der Waals surface area (Å²) in [6.45, 7) is 2.31. The molecule has 1 unspecified atom stereocenters. The monoisotopic (exact) mass is 343 g/mol. The minimum absolute atomic E-state index is 0.0471. The molecular formula is C18H21N3O2S. The maximum atomic E-state index is 12.7. The summed E-state index contributed by atoms with van der Waals surface area (Å²) in [4.78, 5) is 19.9. The Bertz CT molecular complexity index is 681. The van der Waals surface area contributed by atoms with E-state index in [0.29, 0.717) is 5.75 Å². The van der Waals surface area contributed by atoms with Crippen molar-refractivity contribution < 1.29 is 9.53 Å². The predicted octanol–water partition coefficient (Wildman–Crippen LogP) is 2.36. The fraction of sp³-hybridized carbons (Fsp3) is 0.333. The van der Waals surface area contributed by atoms with E-state index in [0.717, 1.165) is 35.8 Å². The molecule has 1 amide bonds. The van der Waals surface area contributed by atoms with Gasteiger partial charge >= 0.3 is 0 Å². The fourth-order valence-corrected chi connectivity index (χ4v) is 3.62. The average Bonchev–Trinajstić information content (AvgIpc) is 2.67. The van der Waals surface area contributed by atoms with Gasteiger partial charge in [0.05, 0.1) is 18.9 Å². The Hall–Kier alpha value is -2.05. The van der Waals surface area contributed by atoms with Crippen LogP contribution in [-0.2, 0) is 4.79 Å². The molecule has 5 nitrogen and oxygen atoms in total. The van der Waals surface area contributed by atoms with Gasteiger partial charge in [-0.3, -0.25) is 9.78 Å². The fourth-order valence-electron chi connectivity index (χ4n) is 2.79. The van der Waals surface area contributed by atoms with Crippen molar-refractivity contribution in [3.05, 3.63) is 54.4 Å². The van der Waals surface area contributed by atoms with E-state index in [1.54, 1.807) is 25.1 Å². The number of pyridine rings is 1. The first kappa shape index (κ1) is 16.8. The van der Waals surface area contributed by atoms with Gasteiger partial charge in [-0.25, -0.2) is 0 Å². The van der Waals surface area contributed by atoms with Gasteiger partial charge in [0, 0.05) is 36.9 Å². The Kier molecular flexibility index (Phi) is 5.72. The predicted molar refractivity (Wildman–Crippen MR) is 95.3 cm³/mol. The van der Waals surface area contributed by atoms with E-state index in [9.17, 15) is 4.79 Å². The van der Waals surface area contributed by atoms with Gasteiger partial charge in [-0.15, -0.1) is 11.8 Å². The second-order valence-corrected chi connectivity index (χ2v) is 6.61. The van der Waals surface area contributed by atoms with Gasteiger partial charge in [0.2, 0.25) is 5.91 Å². The van der Waals surface area contributed by atoms with Crippen molar-refractivity contribution in [1.82, 2.24) is 15.2 Å². The normalized spacial score (nSPS) is 17.5. The van der Waals surface area contributed by atoms with Crippen LogP contribution in [0.1, 0.15) is 11.6 Å². The molecule has 1 saturated heterocycles. The average molecular weight is 343 g/mol. The van der Waals surface area contributed by atoms with E-state index < -0.39 is 0 Å². The van der Waals surface area contributed by atoms with Crippen molar-refractivity contribution in [2.75, 3.05) is 32.5 Å². The summed E-state index contributed by atoms with van der Waals surface area (Å²) in [5, 5.41) is 3.36. The molecule has 1 aliphatic rings. The molecule has 2 heterocycles. The molecule has 3 rings (SSSR count). The highest BCUT2D eigenvalue weighted by Gasteiger charge is 2.27. The number of amides is 1. The lowest BCUT2D eigenvalue weighted by molar-refractivity contribution is -0.131. The third-order valence-corrected chi connectivity index (χ3v) is 5.01. The van der Waals surface area contributed by atoms with Crippen LogP contribution in [0, 0.1) is 0 Å². The number of hydrogen-bond donors (Lipinski definition) is 1. The maximum absolute atomic E-state index is 12.7. The zero-order valence-electron chi connectivity index (χ0n) is 13.6. The van der Waals surface area contributed by atoms with Crippen LogP contribution in [0.4, 0.5) is 0 Å². The SMILES string of the molecule is COc1cccc(SCC(=O)N2CCNCC2c2cccnc2)c1. The Balaban J connectivity index is 1.66. The molecule has 1 aliphatic heterocycles. The van der Waals surface area contributed by atoms with Crippen LogP contribution in [0.3, 0.4) is 0 Å². The lowest BCUT2D eigenvalue weighted by Gasteiger charge is -2.36. The number of ether oxygens (including phenoxy) is 1.